The lowest BCUT2D eigenvalue weighted by Crippen LogP contribution is -2.05. The molecule has 1 atom stereocenters. The summed E-state index contributed by atoms with van der Waals surface area (Å²) in [4.78, 5) is 11.8. The second-order valence-corrected chi connectivity index (χ2v) is 14.0. The van der Waals surface area contributed by atoms with Crippen molar-refractivity contribution in [1.82, 2.24) is 9.97 Å². The van der Waals surface area contributed by atoms with Crippen molar-refractivity contribution < 1.29 is 0 Å². The fraction of sp³-hybridized carbons (Fsp3) is 0.0435. The van der Waals surface area contributed by atoms with Crippen molar-refractivity contribution in [2.24, 2.45) is 0 Å². The molecule has 230 valence electrons. The summed E-state index contributed by atoms with van der Waals surface area (Å²) in [6, 6.07) is 54.4. The Labute approximate surface area is 288 Å². The van der Waals surface area contributed by atoms with Crippen molar-refractivity contribution in [3.8, 4) is 33.9 Å². The molecule has 0 spiro atoms. The number of benzene rings is 7. The number of nitrogens with zero attached hydrogens (tertiary/aromatic N) is 2. The van der Waals surface area contributed by atoms with Crippen molar-refractivity contribution in [2.45, 2.75) is 12.3 Å². The first-order valence-corrected chi connectivity index (χ1v) is 17.7. The molecule has 2 heterocycles. The van der Waals surface area contributed by atoms with Crippen molar-refractivity contribution in [3.05, 3.63) is 174 Å². The van der Waals surface area contributed by atoms with E-state index in [1.165, 1.54) is 58.4 Å². The average molecular weight is 643 g/mol. The van der Waals surface area contributed by atoms with E-state index in [1.54, 1.807) is 0 Å². The largest absolute Gasteiger partial charge is 0.228 e. The average Bonchev–Trinajstić information content (AvgIpc) is 3.57. The van der Waals surface area contributed by atoms with Gasteiger partial charge >= 0.3 is 0 Å². The highest BCUT2D eigenvalue weighted by Crippen LogP contribution is 2.45. The van der Waals surface area contributed by atoms with E-state index in [1.807, 2.05) is 23.5 Å². The minimum Gasteiger partial charge on any atom is -0.228 e. The maximum atomic E-state index is 5.22. The van der Waals surface area contributed by atoms with Crippen LogP contribution in [0.25, 0.3) is 82.4 Å². The highest BCUT2D eigenvalue weighted by Gasteiger charge is 2.24. The lowest BCUT2D eigenvalue weighted by atomic mass is 9.84. The smallest absolute Gasteiger partial charge is 0.161 e. The molecule has 0 aliphatic heterocycles. The van der Waals surface area contributed by atoms with Gasteiger partial charge in [0.2, 0.25) is 0 Å². The monoisotopic (exact) mass is 642 g/mol. The molecule has 2 aromatic heterocycles. The minimum absolute atomic E-state index is 0.268. The molecule has 49 heavy (non-hydrogen) atoms. The molecule has 7 aromatic carbocycles. The molecule has 2 nitrogen and oxygen atoms in total. The van der Waals surface area contributed by atoms with Crippen molar-refractivity contribution >= 4 is 59.8 Å². The number of fused-ring (bicyclic) bond motifs is 9. The Hall–Kier alpha value is -5.90. The predicted octanol–water partition coefficient (Wildman–Crippen LogP) is 12.5. The summed E-state index contributed by atoms with van der Waals surface area (Å²) in [6.07, 6.45) is 5.68. The third-order valence-corrected chi connectivity index (χ3v) is 11.2. The van der Waals surface area contributed by atoms with Gasteiger partial charge in [-0.3, -0.25) is 0 Å². The molecular formula is C46H30N2S. The third-order valence-electron chi connectivity index (χ3n) is 10.1. The van der Waals surface area contributed by atoms with E-state index in [2.05, 4.69) is 152 Å². The van der Waals surface area contributed by atoms with Gasteiger partial charge in [-0.15, -0.1) is 11.3 Å². The molecule has 0 saturated heterocycles. The number of rotatable bonds is 4. The molecule has 0 amide bonds. The van der Waals surface area contributed by atoms with Crippen LogP contribution in [0.2, 0.25) is 0 Å². The van der Waals surface area contributed by atoms with Crippen LogP contribution >= 0.6 is 11.3 Å². The third kappa shape index (κ3) is 4.69. The van der Waals surface area contributed by atoms with E-state index in [4.69, 9.17) is 9.97 Å². The maximum absolute atomic E-state index is 5.22. The first-order valence-electron chi connectivity index (χ1n) is 16.8. The van der Waals surface area contributed by atoms with Crippen LogP contribution in [0.1, 0.15) is 21.9 Å². The summed E-state index contributed by atoms with van der Waals surface area (Å²) >= 11 is 1.87. The van der Waals surface area contributed by atoms with Crippen LogP contribution < -0.4 is 0 Å². The zero-order valence-electron chi connectivity index (χ0n) is 26.7. The summed E-state index contributed by atoms with van der Waals surface area (Å²) in [6.45, 7) is 0. The van der Waals surface area contributed by atoms with Crippen LogP contribution in [0.15, 0.2) is 158 Å². The van der Waals surface area contributed by atoms with Gasteiger partial charge in [-0.2, -0.15) is 0 Å². The molecule has 1 unspecified atom stereocenters. The first-order chi connectivity index (χ1) is 24.3. The number of allylic oxidation sites excluding steroid dienone is 1. The summed E-state index contributed by atoms with van der Waals surface area (Å²) in [5.74, 6) is 1.03. The molecule has 10 rings (SSSR count). The molecule has 1 aliphatic carbocycles. The molecular weight excluding hydrogens is 613 g/mol. The molecule has 0 bridgehead atoms. The lowest BCUT2D eigenvalue weighted by Gasteiger charge is -2.20. The minimum atomic E-state index is 0.268. The Bertz CT molecular complexity index is 2650. The fourth-order valence-corrected chi connectivity index (χ4v) is 8.89. The summed E-state index contributed by atoms with van der Waals surface area (Å²) in [5, 5.41) is 9.15. The molecule has 0 radical (unpaired) electrons. The lowest BCUT2D eigenvalue weighted by molar-refractivity contribution is 0.838. The molecule has 9 aromatic rings. The van der Waals surface area contributed by atoms with Gasteiger partial charge < -0.3 is 0 Å². The first kappa shape index (κ1) is 28.1. The van der Waals surface area contributed by atoms with Gasteiger partial charge in [0.25, 0.3) is 0 Å². The van der Waals surface area contributed by atoms with E-state index in [0.717, 1.165) is 40.3 Å². The van der Waals surface area contributed by atoms with Gasteiger partial charge in [-0.1, -0.05) is 140 Å². The van der Waals surface area contributed by atoms with Gasteiger partial charge in [-0.25, -0.2) is 9.97 Å². The summed E-state index contributed by atoms with van der Waals surface area (Å²) in [5.41, 5.74) is 7.86. The molecule has 0 saturated carbocycles. The quantitative estimate of drug-likeness (QED) is 0.179. The topological polar surface area (TPSA) is 25.8 Å². The van der Waals surface area contributed by atoms with Crippen molar-refractivity contribution in [1.29, 1.82) is 0 Å². The maximum Gasteiger partial charge on any atom is 0.161 e. The molecule has 1 aliphatic rings. The van der Waals surface area contributed by atoms with Crippen LogP contribution in [0, 0.1) is 0 Å². The zero-order chi connectivity index (χ0) is 32.3. The SMILES string of the molecule is C1=CC(c2ccc3c4ccccc4c4ccccc4c3c2)Cc2c1sc1cccc(-c3nc(-c4ccccc4)cc(-c4ccccc4)n3)c21. The Kier molecular flexibility index (Phi) is 6.53. The van der Waals surface area contributed by atoms with Gasteiger partial charge in [0.05, 0.1) is 11.4 Å². The Morgan fingerprint density at radius 1 is 0.510 bits per heavy atom. The highest BCUT2D eigenvalue weighted by atomic mass is 32.1. The zero-order valence-corrected chi connectivity index (χ0v) is 27.5. The molecule has 3 heteroatoms. The van der Waals surface area contributed by atoms with Crippen molar-refractivity contribution in [3.63, 3.8) is 0 Å². The van der Waals surface area contributed by atoms with Gasteiger partial charge in [0.1, 0.15) is 0 Å². The molecule has 0 N–H and O–H groups in total. The second kappa shape index (κ2) is 11.4. The van der Waals surface area contributed by atoms with E-state index >= 15 is 0 Å². The van der Waals surface area contributed by atoms with Crippen LogP contribution in [-0.4, -0.2) is 9.97 Å². The predicted molar refractivity (Wildman–Crippen MR) is 208 cm³/mol. The van der Waals surface area contributed by atoms with E-state index in [0.29, 0.717) is 0 Å². The van der Waals surface area contributed by atoms with Gasteiger partial charge in [0.15, 0.2) is 5.82 Å². The number of hydrogen-bond acceptors (Lipinski definition) is 3. The normalized spacial score (nSPS) is 14.2. The number of hydrogen-bond donors (Lipinski definition) is 0. The van der Waals surface area contributed by atoms with Gasteiger partial charge in [-0.05, 0) is 74.1 Å². The van der Waals surface area contributed by atoms with Crippen LogP contribution in [0.3, 0.4) is 0 Å². The second-order valence-electron chi connectivity index (χ2n) is 12.9. The van der Waals surface area contributed by atoms with Gasteiger partial charge in [0, 0.05) is 37.6 Å². The van der Waals surface area contributed by atoms with Crippen LogP contribution in [0.4, 0.5) is 0 Å². The number of aromatic nitrogens is 2. The van der Waals surface area contributed by atoms with Crippen LogP contribution in [0.5, 0.6) is 0 Å². The van der Waals surface area contributed by atoms with E-state index in [-0.39, 0.29) is 5.92 Å². The fourth-order valence-electron chi connectivity index (χ4n) is 7.71. The van der Waals surface area contributed by atoms with Crippen molar-refractivity contribution in [2.75, 3.05) is 0 Å². The van der Waals surface area contributed by atoms with E-state index in [9.17, 15) is 0 Å². The Morgan fingerprint density at radius 2 is 1.08 bits per heavy atom. The Morgan fingerprint density at radius 3 is 1.71 bits per heavy atom. The summed E-state index contributed by atoms with van der Waals surface area (Å²) in [7, 11) is 0. The Balaban J connectivity index is 1.12. The highest BCUT2D eigenvalue weighted by molar-refractivity contribution is 7.20. The number of thiophene rings is 1. The summed E-state index contributed by atoms with van der Waals surface area (Å²) < 4.78 is 1.28. The standard InChI is InChI=1S/C46H30N2S/c1-3-12-29(13-4-1)41-28-42(30-14-5-2-6-15-30)48-46(47-41)38-20-11-21-44-45(38)40-27-32(23-25-43(40)49-44)31-22-24-37-35-18-8-7-16-33(35)34-17-9-10-19-36(34)39(37)26-31/h1-26,28,32H,27H2. The van der Waals surface area contributed by atoms with Crippen LogP contribution in [-0.2, 0) is 6.42 Å². The van der Waals surface area contributed by atoms with E-state index < -0.39 is 0 Å². The molecule has 0 fully saturated rings.